The molecule has 1 atom stereocenters. The number of hydrogen-bond acceptors (Lipinski definition) is 9. The van der Waals surface area contributed by atoms with Crippen LogP contribution in [0.3, 0.4) is 0 Å². The second-order valence-corrected chi connectivity index (χ2v) is 8.27. The normalized spacial score (nSPS) is 11.4. The molecule has 2 aliphatic carbocycles. The summed E-state index contributed by atoms with van der Waals surface area (Å²) < 4.78 is 15.7. The summed E-state index contributed by atoms with van der Waals surface area (Å²) in [5.74, 6) is -3.58. The largest absolute Gasteiger partial charge is 0.465 e. The molecule has 0 radical (unpaired) electrons. The third-order valence-electron chi connectivity index (χ3n) is 5.77. The van der Waals surface area contributed by atoms with Gasteiger partial charge in [-0.1, -0.05) is 36.4 Å². The van der Waals surface area contributed by atoms with Crippen LogP contribution in [0.4, 0.5) is 11.4 Å². The maximum absolute atomic E-state index is 13.0. The Kier molecular flexibility index (Phi) is 9.32. The minimum atomic E-state index is -0.964. The fourth-order valence-corrected chi connectivity index (χ4v) is 4.23. The fraction of sp³-hybridized carbons (Fsp3) is 0.286. The summed E-state index contributed by atoms with van der Waals surface area (Å²) in [4.78, 5) is 61.7. The van der Waals surface area contributed by atoms with Gasteiger partial charge in [-0.3, -0.25) is 19.7 Å². The molecule has 0 saturated heterocycles. The van der Waals surface area contributed by atoms with Gasteiger partial charge in [0.05, 0.1) is 41.6 Å². The molecule has 11 nitrogen and oxygen atoms in total. The molecule has 0 fully saturated rings. The van der Waals surface area contributed by atoms with Crippen LogP contribution in [0.5, 0.6) is 0 Å². The average molecular weight is 537 g/mol. The summed E-state index contributed by atoms with van der Waals surface area (Å²) in [6, 6.07) is 11.8. The number of rotatable bonds is 10. The number of hydrogen-bond donors (Lipinski definition) is 1. The van der Waals surface area contributed by atoms with Gasteiger partial charge in [-0.05, 0) is 43.0 Å². The highest BCUT2D eigenvalue weighted by molar-refractivity contribution is 6.18. The number of fused-ring (bicyclic) bond motifs is 1. The Morgan fingerprint density at radius 2 is 1.21 bits per heavy atom. The van der Waals surface area contributed by atoms with Crippen molar-refractivity contribution in [2.45, 2.75) is 33.6 Å². The van der Waals surface area contributed by atoms with Gasteiger partial charge < -0.3 is 19.5 Å². The number of nitrogens with zero attached hydrogens (tertiary/aromatic N) is 1. The van der Waals surface area contributed by atoms with Crippen molar-refractivity contribution < 1.29 is 38.3 Å². The number of benzene rings is 1. The molecule has 3 rings (SSSR count). The third-order valence-corrected chi connectivity index (χ3v) is 5.77. The smallest absolute Gasteiger partial charge is 0.340 e. The molecule has 1 N–H and O–H groups in total. The highest BCUT2D eigenvalue weighted by atomic mass is 16.6. The predicted molar refractivity (Wildman–Crippen MR) is 141 cm³/mol. The van der Waals surface area contributed by atoms with Crippen molar-refractivity contribution in [2.24, 2.45) is 0 Å². The zero-order valence-electron chi connectivity index (χ0n) is 21.9. The average Bonchev–Trinajstić information content (AvgIpc) is 3.03. The zero-order chi connectivity index (χ0) is 28.7. The van der Waals surface area contributed by atoms with Crippen molar-refractivity contribution in [3.05, 3.63) is 80.9 Å². The van der Waals surface area contributed by atoms with Gasteiger partial charge >= 0.3 is 17.9 Å². The van der Waals surface area contributed by atoms with Gasteiger partial charge in [-0.15, -0.1) is 0 Å². The van der Waals surface area contributed by atoms with E-state index in [1.807, 2.05) is 0 Å². The molecule has 0 spiro atoms. The van der Waals surface area contributed by atoms with E-state index in [1.165, 1.54) is 31.2 Å². The van der Waals surface area contributed by atoms with E-state index in [-0.39, 0.29) is 53.4 Å². The summed E-state index contributed by atoms with van der Waals surface area (Å²) in [5, 5.41) is 13.7. The predicted octanol–water partition coefficient (Wildman–Crippen LogP) is 4.71. The molecule has 1 aromatic rings. The van der Waals surface area contributed by atoms with Crippen molar-refractivity contribution >= 4 is 35.2 Å². The van der Waals surface area contributed by atoms with Gasteiger partial charge in [0.1, 0.15) is 5.92 Å². The number of amides is 1. The topological polar surface area (TPSA) is 151 Å². The molecule has 0 aromatic heterocycles. The lowest BCUT2D eigenvalue weighted by atomic mass is 9.92. The second kappa shape index (κ2) is 12.6. The molecule has 39 heavy (non-hydrogen) atoms. The maximum Gasteiger partial charge on any atom is 0.340 e. The molecule has 1 unspecified atom stereocenters. The van der Waals surface area contributed by atoms with Crippen LogP contribution in [-0.4, -0.2) is 48.6 Å². The molecular formula is C28H28N2O9. The van der Waals surface area contributed by atoms with E-state index in [0.29, 0.717) is 11.1 Å². The summed E-state index contributed by atoms with van der Waals surface area (Å²) >= 11 is 0. The zero-order valence-corrected chi connectivity index (χ0v) is 21.9. The first kappa shape index (κ1) is 28.8. The van der Waals surface area contributed by atoms with Gasteiger partial charge in [0.15, 0.2) is 0 Å². The number of carbonyl (C=O) groups is 4. The molecule has 0 bridgehead atoms. The van der Waals surface area contributed by atoms with Gasteiger partial charge in [-0.2, -0.15) is 0 Å². The van der Waals surface area contributed by atoms with Crippen LogP contribution in [-0.2, 0) is 23.8 Å². The van der Waals surface area contributed by atoms with Crippen molar-refractivity contribution in [3.63, 3.8) is 0 Å². The molecule has 11 heteroatoms. The van der Waals surface area contributed by atoms with Gasteiger partial charge in [0.2, 0.25) is 5.91 Å². The Hall–Kier alpha value is -4.80. The van der Waals surface area contributed by atoms with Crippen molar-refractivity contribution in [1.82, 2.24) is 0 Å². The monoisotopic (exact) mass is 536 g/mol. The highest BCUT2D eigenvalue weighted by Crippen LogP contribution is 2.42. The molecule has 1 amide bonds. The van der Waals surface area contributed by atoms with Gasteiger partial charge in [-0.25, -0.2) is 9.59 Å². The van der Waals surface area contributed by atoms with E-state index < -0.39 is 34.7 Å². The number of anilines is 1. The quantitative estimate of drug-likeness (QED) is 0.168. The minimum absolute atomic E-state index is 0.0283. The van der Waals surface area contributed by atoms with E-state index in [9.17, 15) is 29.3 Å². The van der Waals surface area contributed by atoms with E-state index in [0.717, 1.165) is 0 Å². The minimum Gasteiger partial charge on any atom is -0.465 e. The molecule has 204 valence electrons. The molecule has 0 saturated carbocycles. The first-order valence-electron chi connectivity index (χ1n) is 12.3. The summed E-state index contributed by atoms with van der Waals surface area (Å²) in [5.41, 5.74) is 1.23. The number of nitro benzene ring substituents is 1. The molecule has 1 aromatic carbocycles. The summed E-state index contributed by atoms with van der Waals surface area (Å²) in [6.07, 6.45) is 0. The molecule has 2 aliphatic rings. The van der Waals surface area contributed by atoms with E-state index in [2.05, 4.69) is 5.32 Å². The van der Waals surface area contributed by atoms with Crippen molar-refractivity contribution in [2.75, 3.05) is 25.1 Å². The lowest BCUT2D eigenvalue weighted by molar-refractivity contribution is -0.384. The standard InChI is InChI=1S/C28H28N2O9/c1-5-37-26(32)22(17-8-12-19(13-9-17)30(35)36)18-10-14-20-21(15-11-18)24(28(34)39-7-3)25(29-16(4)31)23(20)27(33)38-6-2/h8-15,22H,5-7H2,1-4H3,(H,29,31). The van der Waals surface area contributed by atoms with Gasteiger partial charge in [0.25, 0.3) is 5.69 Å². The van der Waals surface area contributed by atoms with Crippen LogP contribution < -0.4 is 5.32 Å². The molecule has 0 heterocycles. The molecule has 0 aliphatic heterocycles. The first-order valence-corrected chi connectivity index (χ1v) is 12.3. The van der Waals surface area contributed by atoms with Crippen LogP contribution in [0.1, 0.15) is 65.5 Å². The number of ether oxygens (including phenoxy) is 3. The van der Waals surface area contributed by atoms with Gasteiger partial charge in [0, 0.05) is 19.1 Å². The lowest BCUT2D eigenvalue weighted by Crippen LogP contribution is -2.17. The van der Waals surface area contributed by atoms with Crippen LogP contribution in [0.2, 0.25) is 0 Å². The van der Waals surface area contributed by atoms with Crippen LogP contribution in [0.15, 0.2) is 48.5 Å². The number of non-ortho nitro benzene ring substituents is 1. The van der Waals surface area contributed by atoms with Crippen LogP contribution in [0.25, 0.3) is 11.1 Å². The Labute approximate surface area is 224 Å². The van der Waals surface area contributed by atoms with Crippen LogP contribution in [0, 0.1) is 10.1 Å². The number of esters is 3. The molecular weight excluding hydrogens is 508 g/mol. The van der Waals surface area contributed by atoms with E-state index >= 15 is 0 Å². The number of nitrogens with one attached hydrogen (secondary N) is 1. The fourth-order valence-electron chi connectivity index (χ4n) is 4.23. The Morgan fingerprint density at radius 3 is 1.59 bits per heavy atom. The number of nitro groups is 1. The summed E-state index contributed by atoms with van der Waals surface area (Å²) in [6.45, 7) is 6.36. The highest BCUT2D eigenvalue weighted by Gasteiger charge is 2.33. The van der Waals surface area contributed by atoms with Crippen molar-refractivity contribution in [1.29, 1.82) is 0 Å². The van der Waals surface area contributed by atoms with E-state index in [1.54, 1.807) is 45.0 Å². The Bertz CT molecular complexity index is 1330. The maximum atomic E-state index is 13.0. The Morgan fingerprint density at radius 1 is 0.769 bits per heavy atom. The van der Waals surface area contributed by atoms with Crippen molar-refractivity contribution in [3.8, 4) is 11.1 Å². The Balaban J connectivity index is 2.30. The summed E-state index contributed by atoms with van der Waals surface area (Å²) in [7, 11) is 0. The SMILES string of the molecule is CCOC(=O)c1c2ccc(C(C(=O)OCC)c3ccc([N+](=O)[O-])cc3)ccc-2c(C(=O)OCC)c1NC(C)=O. The lowest BCUT2D eigenvalue weighted by Gasteiger charge is -2.15. The first-order chi connectivity index (χ1) is 18.6. The van der Waals surface area contributed by atoms with E-state index in [4.69, 9.17) is 14.2 Å². The van der Waals surface area contributed by atoms with Crippen LogP contribution >= 0.6 is 0 Å². The second-order valence-electron chi connectivity index (χ2n) is 8.27. The number of carbonyl (C=O) groups excluding carboxylic acids is 4. The third kappa shape index (κ3) is 6.20.